The van der Waals surface area contributed by atoms with Crippen molar-refractivity contribution in [3.05, 3.63) is 22.8 Å². The second-order valence-corrected chi connectivity index (χ2v) is 6.41. The van der Waals surface area contributed by atoms with Gasteiger partial charge in [0.05, 0.1) is 17.2 Å². The first-order valence-electron chi connectivity index (χ1n) is 7.18. The molecule has 0 fully saturated rings. The number of rotatable bonds is 4. The summed E-state index contributed by atoms with van der Waals surface area (Å²) in [5.74, 6) is -0.0614. The molecule has 0 unspecified atom stereocenters. The molecular weight excluding hydrogens is 333 g/mol. The molecule has 1 aromatic rings. The molecule has 23 heavy (non-hydrogen) atoms. The largest absolute Gasteiger partial charge is 0.449 e. The van der Waals surface area contributed by atoms with Crippen molar-refractivity contribution in [3.8, 4) is 0 Å². The molecule has 0 N–H and O–H groups in total. The van der Waals surface area contributed by atoms with Crippen LogP contribution in [0.4, 0.5) is 23.8 Å². The summed E-state index contributed by atoms with van der Waals surface area (Å²) in [5.41, 5.74) is -1.74. The van der Waals surface area contributed by atoms with Crippen molar-refractivity contribution >= 4 is 23.5 Å². The van der Waals surface area contributed by atoms with E-state index in [2.05, 4.69) is 4.98 Å². The number of aromatic nitrogens is 1. The molecule has 0 saturated heterocycles. The molecule has 0 saturated carbocycles. The Kier molecular flexibility index (Phi) is 6.27. The van der Waals surface area contributed by atoms with E-state index in [-0.39, 0.29) is 17.4 Å². The first kappa shape index (κ1) is 19.5. The van der Waals surface area contributed by atoms with Gasteiger partial charge in [-0.3, -0.25) is 4.90 Å². The average molecular weight is 353 g/mol. The van der Waals surface area contributed by atoms with Gasteiger partial charge in [-0.15, -0.1) is 0 Å². The first-order chi connectivity index (χ1) is 10.5. The summed E-state index contributed by atoms with van der Waals surface area (Å²) in [6, 6.07) is 0.752. The molecule has 130 valence electrons. The number of carbonyl (C=O) groups excluding carboxylic acids is 1. The standard InChI is InChI=1S/C15H20ClF3N2O2/c1-5-6-7-23-13(22)21(14(2,3)4)12-11(16)8-10(9-20-12)15(17,18)19/h8-9H,5-7H2,1-4H3. The fraction of sp³-hybridized carbons (Fsp3) is 0.600. The Morgan fingerprint density at radius 2 is 1.96 bits per heavy atom. The quantitative estimate of drug-likeness (QED) is 0.691. The Bertz CT molecular complexity index is 557. The van der Waals surface area contributed by atoms with Crippen LogP contribution >= 0.6 is 11.6 Å². The number of hydrogen-bond donors (Lipinski definition) is 0. The van der Waals surface area contributed by atoms with Crippen LogP contribution in [-0.4, -0.2) is 23.2 Å². The maximum absolute atomic E-state index is 12.7. The number of unbranched alkanes of at least 4 members (excludes halogenated alkanes) is 1. The van der Waals surface area contributed by atoms with Crippen LogP contribution in [0.5, 0.6) is 0 Å². The van der Waals surface area contributed by atoms with Crippen molar-refractivity contribution in [2.45, 2.75) is 52.3 Å². The monoisotopic (exact) mass is 352 g/mol. The second-order valence-electron chi connectivity index (χ2n) is 6.00. The van der Waals surface area contributed by atoms with Crippen molar-refractivity contribution in [1.82, 2.24) is 4.98 Å². The van der Waals surface area contributed by atoms with E-state index in [0.29, 0.717) is 12.6 Å². The van der Waals surface area contributed by atoms with E-state index in [1.54, 1.807) is 20.8 Å². The third-order valence-electron chi connectivity index (χ3n) is 2.94. The zero-order valence-electron chi connectivity index (χ0n) is 13.5. The van der Waals surface area contributed by atoms with Crippen LogP contribution in [0.2, 0.25) is 5.02 Å². The summed E-state index contributed by atoms with van der Waals surface area (Å²) in [7, 11) is 0. The predicted octanol–water partition coefficient (Wildman–Crippen LogP) is 5.30. The molecule has 0 radical (unpaired) electrons. The molecular formula is C15H20ClF3N2O2. The Labute approximate surface area is 138 Å². The molecule has 1 rings (SSSR count). The number of hydrogen-bond acceptors (Lipinski definition) is 3. The van der Waals surface area contributed by atoms with Gasteiger partial charge in [0, 0.05) is 11.7 Å². The van der Waals surface area contributed by atoms with E-state index >= 15 is 0 Å². The highest BCUT2D eigenvalue weighted by atomic mass is 35.5. The number of pyridine rings is 1. The highest BCUT2D eigenvalue weighted by molar-refractivity contribution is 6.33. The Hall–Kier alpha value is -1.50. The minimum atomic E-state index is -4.55. The lowest BCUT2D eigenvalue weighted by Gasteiger charge is -2.34. The molecule has 1 heterocycles. The number of anilines is 1. The van der Waals surface area contributed by atoms with Crippen LogP contribution in [0, 0.1) is 0 Å². The van der Waals surface area contributed by atoms with Crippen molar-refractivity contribution in [2.24, 2.45) is 0 Å². The molecule has 0 spiro atoms. The fourth-order valence-electron chi connectivity index (χ4n) is 1.80. The number of alkyl halides is 3. The fourth-order valence-corrected chi connectivity index (χ4v) is 2.05. The van der Waals surface area contributed by atoms with E-state index in [1.165, 1.54) is 0 Å². The summed E-state index contributed by atoms with van der Waals surface area (Å²) in [4.78, 5) is 17.2. The normalized spacial score (nSPS) is 12.2. The lowest BCUT2D eigenvalue weighted by molar-refractivity contribution is -0.137. The van der Waals surface area contributed by atoms with Gasteiger partial charge in [0.2, 0.25) is 0 Å². The van der Waals surface area contributed by atoms with E-state index in [1.807, 2.05) is 6.92 Å². The molecule has 0 aromatic carbocycles. The Morgan fingerprint density at radius 3 is 2.39 bits per heavy atom. The number of halogens is 4. The van der Waals surface area contributed by atoms with Crippen LogP contribution in [0.15, 0.2) is 12.3 Å². The number of nitrogens with zero attached hydrogens (tertiary/aromatic N) is 2. The number of amides is 1. The smallest absolute Gasteiger partial charge is 0.417 e. The van der Waals surface area contributed by atoms with Crippen molar-refractivity contribution < 1.29 is 22.7 Å². The minimum Gasteiger partial charge on any atom is -0.449 e. The van der Waals surface area contributed by atoms with Gasteiger partial charge in [-0.05, 0) is 33.3 Å². The van der Waals surface area contributed by atoms with E-state index in [4.69, 9.17) is 16.3 Å². The molecule has 0 bridgehead atoms. The Morgan fingerprint density at radius 1 is 1.35 bits per heavy atom. The number of ether oxygens (including phenoxy) is 1. The Balaban J connectivity index is 3.16. The van der Waals surface area contributed by atoms with Crippen LogP contribution in [0.1, 0.15) is 46.1 Å². The predicted molar refractivity (Wildman–Crippen MR) is 82.7 cm³/mol. The highest BCUT2D eigenvalue weighted by Gasteiger charge is 2.35. The third kappa shape index (κ3) is 5.27. The zero-order chi connectivity index (χ0) is 17.8. The van der Waals surface area contributed by atoms with Gasteiger partial charge in [0.1, 0.15) is 0 Å². The van der Waals surface area contributed by atoms with E-state index in [9.17, 15) is 18.0 Å². The molecule has 0 atom stereocenters. The SMILES string of the molecule is CCCCOC(=O)N(c1ncc(C(F)(F)F)cc1Cl)C(C)(C)C. The molecule has 0 aliphatic heterocycles. The van der Waals surface area contributed by atoms with Crippen LogP contribution in [0.3, 0.4) is 0 Å². The summed E-state index contributed by atoms with van der Waals surface area (Å²) in [5, 5.41) is -0.262. The molecule has 1 aromatic heterocycles. The van der Waals surface area contributed by atoms with Gasteiger partial charge in [-0.1, -0.05) is 24.9 Å². The van der Waals surface area contributed by atoms with Gasteiger partial charge < -0.3 is 4.74 Å². The lowest BCUT2D eigenvalue weighted by Crippen LogP contribution is -2.47. The van der Waals surface area contributed by atoms with Gasteiger partial charge >= 0.3 is 12.3 Å². The molecule has 0 aliphatic carbocycles. The topological polar surface area (TPSA) is 42.4 Å². The summed E-state index contributed by atoms with van der Waals surface area (Å²) in [6.07, 6.45) is -3.05. The van der Waals surface area contributed by atoms with Gasteiger partial charge in [0.15, 0.2) is 5.82 Å². The lowest BCUT2D eigenvalue weighted by atomic mass is 10.1. The van der Waals surface area contributed by atoms with Gasteiger partial charge in [0.25, 0.3) is 0 Å². The maximum Gasteiger partial charge on any atom is 0.417 e. The summed E-state index contributed by atoms with van der Waals surface area (Å²) < 4.78 is 43.2. The first-order valence-corrected chi connectivity index (χ1v) is 7.56. The zero-order valence-corrected chi connectivity index (χ0v) is 14.3. The van der Waals surface area contributed by atoms with E-state index < -0.39 is 23.4 Å². The molecule has 8 heteroatoms. The second kappa shape index (κ2) is 7.38. The van der Waals surface area contributed by atoms with E-state index in [0.717, 1.165) is 17.4 Å². The summed E-state index contributed by atoms with van der Waals surface area (Å²) >= 11 is 5.93. The molecule has 0 aliphatic rings. The molecule has 1 amide bonds. The van der Waals surface area contributed by atoms with Crippen LogP contribution in [0.25, 0.3) is 0 Å². The third-order valence-corrected chi connectivity index (χ3v) is 3.22. The van der Waals surface area contributed by atoms with Crippen LogP contribution < -0.4 is 4.90 Å². The average Bonchev–Trinajstić information content (AvgIpc) is 2.38. The van der Waals surface area contributed by atoms with Gasteiger partial charge in [-0.2, -0.15) is 13.2 Å². The maximum atomic E-state index is 12.7. The number of carbonyl (C=O) groups is 1. The van der Waals surface area contributed by atoms with Crippen molar-refractivity contribution in [2.75, 3.05) is 11.5 Å². The van der Waals surface area contributed by atoms with Crippen molar-refractivity contribution in [1.29, 1.82) is 0 Å². The molecule has 4 nitrogen and oxygen atoms in total. The minimum absolute atomic E-state index is 0.0614. The highest BCUT2D eigenvalue weighted by Crippen LogP contribution is 2.35. The summed E-state index contributed by atoms with van der Waals surface area (Å²) in [6.45, 7) is 7.31. The van der Waals surface area contributed by atoms with Crippen LogP contribution in [-0.2, 0) is 10.9 Å². The van der Waals surface area contributed by atoms with Gasteiger partial charge in [-0.25, -0.2) is 9.78 Å². The van der Waals surface area contributed by atoms with Crippen molar-refractivity contribution in [3.63, 3.8) is 0 Å².